The minimum Gasteiger partial charge on any atom is -0.317 e. The SMILES string of the molecule is O=C(N1CC(F)(F)C1)N1CC(F)(c2ccc(C3=CC(c4cc(Cl)c(F)c(Cl)c4)(C(F)(F)F)ON3)cc2)C1. The fourth-order valence-corrected chi connectivity index (χ4v) is 4.92. The molecule has 5 nitrogen and oxygen atoms in total. The lowest BCUT2D eigenvalue weighted by molar-refractivity contribution is -0.269. The van der Waals surface area contributed by atoms with Crippen LogP contribution >= 0.6 is 23.2 Å². The number of rotatable bonds is 3. The number of likely N-dealkylation sites (tertiary alicyclic amines) is 2. The van der Waals surface area contributed by atoms with E-state index in [1.165, 1.54) is 24.3 Å². The van der Waals surface area contributed by atoms with Crippen molar-refractivity contribution in [3.63, 3.8) is 0 Å². The quantitative estimate of drug-likeness (QED) is 0.363. The molecule has 2 fully saturated rings. The maximum absolute atomic E-state index is 15.3. The van der Waals surface area contributed by atoms with E-state index in [2.05, 4.69) is 5.48 Å². The van der Waals surface area contributed by atoms with Gasteiger partial charge in [0, 0.05) is 5.56 Å². The molecule has 3 aliphatic heterocycles. The Morgan fingerprint density at radius 3 is 1.97 bits per heavy atom. The number of hydrogen-bond donors (Lipinski definition) is 1. The Morgan fingerprint density at radius 2 is 1.46 bits per heavy atom. The molecule has 0 saturated carbocycles. The molecule has 0 radical (unpaired) electrons. The summed E-state index contributed by atoms with van der Waals surface area (Å²) in [6.45, 7) is -2.12. The molecule has 0 aliphatic carbocycles. The molecular weight excluding hydrogens is 554 g/mol. The van der Waals surface area contributed by atoms with E-state index in [4.69, 9.17) is 28.0 Å². The summed E-state index contributed by atoms with van der Waals surface area (Å²) in [6, 6.07) is 6.24. The normalized spacial score (nSPS) is 24.2. The Morgan fingerprint density at radius 1 is 0.919 bits per heavy atom. The fraction of sp³-hybridized carbons (Fsp3) is 0.348. The summed E-state index contributed by atoms with van der Waals surface area (Å²) in [5, 5.41) is -1.24. The van der Waals surface area contributed by atoms with Gasteiger partial charge in [-0.1, -0.05) is 47.5 Å². The minimum atomic E-state index is -5.00. The number of urea groups is 1. The Balaban J connectivity index is 1.35. The molecule has 5 rings (SSSR count). The molecule has 1 atom stereocenters. The van der Waals surface area contributed by atoms with Crippen LogP contribution in [0.5, 0.6) is 0 Å². The Bertz CT molecular complexity index is 1270. The number of nitrogens with one attached hydrogen (secondary N) is 1. The number of hydroxylamine groups is 1. The van der Waals surface area contributed by atoms with Crippen molar-refractivity contribution in [2.45, 2.75) is 23.4 Å². The average molecular weight is 570 g/mol. The van der Waals surface area contributed by atoms with Crippen molar-refractivity contribution >= 4 is 34.9 Å². The van der Waals surface area contributed by atoms with Gasteiger partial charge in [0.15, 0.2) is 11.5 Å². The maximum atomic E-state index is 15.3. The van der Waals surface area contributed by atoms with Crippen LogP contribution in [0.1, 0.15) is 16.7 Å². The van der Waals surface area contributed by atoms with Crippen LogP contribution in [0.3, 0.4) is 0 Å². The van der Waals surface area contributed by atoms with Crippen LogP contribution < -0.4 is 5.48 Å². The highest BCUT2D eigenvalue weighted by Gasteiger charge is 2.60. The Kier molecular flexibility index (Phi) is 5.89. The number of hydrogen-bond acceptors (Lipinski definition) is 3. The van der Waals surface area contributed by atoms with Crippen LogP contribution in [0, 0.1) is 5.82 Å². The van der Waals surface area contributed by atoms with E-state index in [0.717, 1.165) is 28.0 Å². The molecular formula is C23H16Cl2F7N3O2. The summed E-state index contributed by atoms with van der Waals surface area (Å²) in [4.78, 5) is 19.1. The minimum absolute atomic E-state index is 0.0996. The van der Waals surface area contributed by atoms with Crippen molar-refractivity contribution in [1.29, 1.82) is 0 Å². The van der Waals surface area contributed by atoms with Gasteiger partial charge in [-0.2, -0.15) is 13.2 Å². The Hall–Kier alpha value is -2.70. The topological polar surface area (TPSA) is 44.8 Å². The molecule has 2 amide bonds. The molecule has 2 aromatic rings. The van der Waals surface area contributed by atoms with E-state index in [1.54, 1.807) is 0 Å². The van der Waals surface area contributed by atoms with Gasteiger partial charge in [-0.25, -0.2) is 22.4 Å². The zero-order chi connectivity index (χ0) is 27.0. The highest BCUT2D eigenvalue weighted by Crippen LogP contribution is 2.49. The van der Waals surface area contributed by atoms with E-state index in [9.17, 15) is 31.1 Å². The smallest absolute Gasteiger partial charge is 0.317 e. The van der Waals surface area contributed by atoms with Gasteiger partial charge in [0.25, 0.3) is 5.92 Å². The van der Waals surface area contributed by atoms with Gasteiger partial charge < -0.3 is 9.80 Å². The number of alkyl halides is 6. The number of nitrogens with zero attached hydrogens (tertiary/aromatic N) is 2. The second-order valence-electron chi connectivity index (χ2n) is 9.14. The summed E-state index contributed by atoms with van der Waals surface area (Å²) in [7, 11) is 0. The van der Waals surface area contributed by atoms with Gasteiger partial charge >= 0.3 is 12.2 Å². The number of benzene rings is 2. The lowest BCUT2D eigenvalue weighted by Gasteiger charge is -2.49. The Labute approximate surface area is 215 Å². The second kappa shape index (κ2) is 8.40. The van der Waals surface area contributed by atoms with Gasteiger partial charge in [-0.3, -0.25) is 10.3 Å². The lowest BCUT2D eigenvalue weighted by atomic mass is 9.87. The van der Waals surface area contributed by atoms with Crippen molar-refractivity contribution in [3.05, 3.63) is 75.0 Å². The average Bonchev–Trinajstić information content (AvgIpc) is 3.25. The molecule has 1 unspecified atom stereocenters. The van der Waals surface area contributed by atoms with E-state index < -0.39 is 63.9 Å². The van der Waals surface area contributed by atoms with Crippen molar-refractivity contribution in [2.75, 3.05) is 26.2 Å². The fourth-order valence-electron chi connectivity index (χ4n) is 4.43. The first-order valence-corrected chi connectivity index (χ1v) is 11.5. The van der Waals surface area contributed by atoms with Crippen molar-refractivity contribution in [1.82, 2.24) is 15.3 Å². The van der Waals surface area contributed by atoms with E-state index >= 15 is 4.39 Å². The molecule has 198 valence electrons. The predicted octanol–water partition coefficient (Wildman–Crippen LogP) is 6.02. The van der Waals surface area contributed by atoms with Crippen molar-refractivity contribution in [2.24, 2.45) is 0 Å². The molecule has 37 heavy (non-hydrogen) atoms. The van der Waals surface area contributed by atoms with Crippen LogP contribution in [0.15, 0.2) is 42.5 Å². The first-order valence-electron chi connectivity index (χ1n) is 10.7. The third-order valence-corrected chi connectivity index (χ3v) is 7.04. The standard InChI is InChI=1S/C23H16Cl2F7N3O2/c24-15-5-14(6-16(25)18(15)26)22(23(30,31)32)7-17(33-37-22)12-1-3-13(4-2-12)20(27)8-34(9-20)19(36)35-10-21(28,29)11-35/h1-7,33H,8-11H2. The maximum Gasteiger partial charge on any atom is 0.428 e. The van der Waals surface area contributed by atoms with Crippen LogP contribution in [0.4, 0.5) is 35.5 Å². The van der Waals surface area contributed by atoms with Crippen LogP contribution in [0.25, 0.3) is 5.70 Å². The molecule has 0 spiro atoms. The van der Waals surface area contributed by atoms with Crippen LogP contribution in [-0.4, -0.2) is 54.1 Å². The highest BCUT2D eigenvalue weighted by atomic mass is 35.5. The zero-order valence-corrected chi connectivity index (χ0v) is 20.0. The van der Waals surface area contributed by atoms with Crippen LogP contribution in [0.2, 0.25) is 10.0 Å². The van der Waals surface area contributed by atoms with Gasteiger partial charge in [0.2, 0.25) is 5.60 Å². The summed E-state index contributed by atoms with van der Waals surface area (Å²) >= 11 is 11.4. The molecule has 3 aliphatic rings. The molecule has 14 heteroatoms. The predicted molar refractivity (Wildman–Crippen MR) is 119 cm³/mol. The van der Waals surface area contributed by atoms with Gasteiger partial charge in [0.05, 0.1) is 41.9 Å². The number of amides is 2. The zero-order valence-electron chi connectivity index (χ0n) is 18.5. The molecule has 0 bridgehead atoms. The third-order valence-electron chi connectivity index (χ3n) is 6.49. The molecule has 2 saturated heterocycles. The number of carbonyl (C=O) groups excluding carboxylic acids is 1. The number of halogens is 9. The van der Waals surface area contributed by atoms with Gasteiger partial charge in [0.1, 0.15) is 0 Å². The summed E-state index contributed by atoms with van der Waals surface area (Å²) in [5.74, 6) is -4.01. The third kappa shape index (κ3) is 4.28. The highest BCUT2D eigenvalue weighted by molar-refractivity contribution is 6.35. The van der Waals surface area contributed by atoms with Crippen molar-refractivity contribution < 1.29 is 40.4 Å². The summed E-state index contributed by atoms with van der Waals surface area (Å²) in [6.07, 6.45) is -4.27. The lowest BCUT2D eigenvalue weighted by Crippen LogP contribution is -2.67. The summed E-state index contributed by atoms with van der Waals surface area (Å²) < 4.78 is 97.5. The van der Waals surface area contributed by atoms with Crippen molar-refractivity contribution in [3.8, 4) is 0 Å². The summed E-state index contributed by atoms with van der Waals surface area (Å²) in [5.41, 5.74) is -3.05. The first kappa shape index (κ1) is 25.9. The molecule has 1 N–H and O–H groups in total. The van der Waals surface area contributed by atoms with Crippen LogP contribution in [-0.2, 0) is 16.1 Å². The van der Waals surface area contributed by atoms with E-state index in [-0.39, 0.29) is 29.9 Å². The largest absolute Gasteiger partial charge is 0.428 e. The molecule has 3 heterocycles. The number of carbonyl (C=O) groups is 1. The van der Waals surface area contributed by atoms with Gasteiger partial charge in [-0.05, 0) is 29.3 Å². The molecule has 2 aromatic carbocycles. The van der Waals surface area contributed by atoms with E-state index in [1.807, 2.05) is 0 Å². The second-order valence-corrected chi connectivity index (χ2v) is 9.96. The van der Waals surface area contributed by atoms with E-state index in [0.29, 0.717) is 0 Å². The molecule has 0 aromatic heterocycles. The monoisotopic (exact) mass is 569 g/mol. The van der Waals surface area contributed by atoms with Gasteiger partial charge in [-0.15, -0.1) is 0 Å². The first-order chi connectivity index (χ1) is 17.1.